The van der Waals surface area contributed by atoms with Crippen molar-refractivity contribution in [3.05, 3.63) is 28.9 Å². The molecule has 11 heteroatoms. The van der Waals surface area contributed by atoms with E-state index in [0.29, 0.717) is 46.2 Å². The Morgan fingerprint density at radius 2 is 2.00 bits per heavy atom. The van der Waals surface area contributed by atoms with E-state index in [0.717, 1.165) is 37.8 Å². The van der Waals surface area contributed by atoms with E-state index in [1.54, 1.807) is 0 Å². The van der Waals surface area contributed by atoms with E-state index in [2.05, 4.69) is 15.3 Å². The monoisotopic (exact) mass is 492 g/mol. The van der Waals surface area contributed by atoms with Gasteiger partial charge >= 0.3 is 0 Å². The summed E-state index contributed by atoms with van der Waals surface area (Å²) < 4.78 is 28.3. The van der Waals surface area contributed by atoms with Crippen molar-refractivity contribution in [1.29, 1.82) is 0 Å². The van der Waals surface area contributed by atoms with Crippen LogP contribution >= 0.6 is 11.6 Å². The summed E-state index contributed by atoms with van der Waals surface area (Å²) in [5.74, 6) is 1.64. The molecule has 176 valence electrons. The summed E-state index contributed by atoms with van der Waals surface area (Å²) in [5, 5.41) is 13.8. The molecule has 33 heavy (non-hydrogen) atoms. The van der Waals surface area contributed by atoms with Gasteiger partial charge in [-0.15, -0.1) is 0 Å². The molecule has 8 nitrogen and oxygen atoms in total. The minimum atomic E-state index is -1.17. The number of hydrogen-bond acceptors (Lipinski definition) is 8. The fraction of sp³-hybridized carbons (Fsp3) is 0.636. The summed E-state index contributed by atoms with van der Waals surface area (Å²) in [5.41, 5.74) is 0.286. The van der Waals surface area contributed by atoms with Crippen molar-refractivity contribution in [1.82, 2.24) is 19.9 Å². The van der Waals surface area contributed by atoms with Crippen LogP contribution in [0.15, 0.2) is 17.3 Å². The van der Waals surface area contributed by atoms with Gasteiger partial charge in [-0.25, -0.2) is 19.3 Å². The van der Waals surface area contributed by atoms with E-state index in [4.69, 9.17) is 21.6 Å². The second-order valence-corrected chi connectivity index (χ2v) is 11.7. The molecule has 2 aromatic rings. The minimum absolute atomic E-state index is 0.00206. The molecule has 2 aromatic heterocycles. The summed E-state index contributed by atoms with van der Waals surface area (Å²) in [7, 11) is -1.17. The number of aromatic nitrogens is 4. The van der Waals surface area contributed by atoms with Crippen LogP contribution in [0.3, 0.4) is 0 Å². The Hall–Kier alpha value is -1.91. The molecule has 0 bridgehead atoms. The fourth-order valence-corrected chi connectivity index (χ4v) is 7.19. The number of nitrogens with one attached hydrogen (secondary N) is 1. The van der Waals surface area contributed by atoms with Crippen molar-refractivity contribution in [3.8, 4) is 0 Å². The molecule has 3 unspecified atom stereocenters. The Morgan fingerprint density at radius 3 is 2.61 bits per heavy atom. The summed E-state index contributed by atoms with van der Waals surface area (Å²) in [6.07, 6.45) is 7.00. The molecule has 0 radical (unpaired) electrons. The number of alkyl halides is 1. The van der Waals surface area contributed by atoms with Gasteiger partial charge in [-0.2, -0.15) is 4.98 Å². The summed E-state index contributed by atoms with van der Waals surface area (Å²) in [4.78, 5) is 20.6. The van der Waals surface area contributed by atoms with E-state index < -0.39 is 28.4 Å². The van der Waals surface area contributed by atoms with Crippen molar-refractivity contribution >= 4 is 34.2 Å². The molecule has 2 aliphatic heterocycles. The Bertz CT molecular complexity index is 1110. The smallest absolute Gasteiger partial charge is 0.227 e. The van der Waals surface area contributed by atoms with Gasteiger partial charge in [0.15, 0.2) is 0 Å². The van der Waals surface area contributed by atoms with Crippen LogP contribution in [0, 0.1) is 0 Å². The zero-order valence-corrected chi connectivity index (χ0v) is 19.7. The van der Waals surface area contributed by atoms with Crippen LogP contribution < -0.4 is 10.2 Å². The highest BCUT2D eigenvalue weighted by Gasteiger charge is 2.55. The van der Waals surface area contributed by atoms with Crippen molar-refractivity contribution < 1.29 is 13.7 Å². The number of aliphatic hydroxyl groups is 1. The predicted molar refractivity (Wildman–Crippen MR) is 123 cm³/mol. The third kappa shape index (κ3) is 3.61. The van der Waals surface area contributed by atoms with Crippen LogP contribution in [0.5, 0.6) is 0 Å². The molecular weight excluding hydrogens is 467 g/mol. The molecular formula is C22H26ClFN6O2S. The van der Waals surface area contributed by atoms with Gasteiger partial charge in [0.2, 0.25) is 5.95 Å². The first-order chi connectivity index (χ1) is 15.9. The van der Waals surface area contributed by atoms with E-state index >= 15 is 4.39 Å². The third-order valence-corrected chi connectivity index (χ3v) is 9.49. The minimum Gasteiger partial charge on any atom is -0.394 e. The highest BCUT2D eigenvalue weighted by Crippen LogP contribution is 2.56. The zero-order chi connectivity index (χ0) is 22.8. The molecule has 0 aromatic carbocycles. The third-order valence-electron chi connectivity index (χ3n) is 7.64. The topological polar surface area (TPSA) is 104 Å². The quantitative estimate of drug-likeness (QED) is 0.656. The van der Waals surface area contributed by atoms with Gasteiger partial charge in [-0.1, -0.05) is 11.6 Å². The van der Waals surface area contributed by atoms with Gasteiger partial charge in [-0.05, 0) is 38.5 Å². The fourth-order valence-electron chi connectivity index (χ4n) is 5.23. The van der Waals surface area contributed by atoms with Crippen LogP contribution in [-0.2, 0) is 16.2 Å². The lowest BCUT2D eigenvalue weighted by molar-refractivity contribution is 0.143. The van der Waals surface area contributed by atoms with Gasteiger partial charge in [0, 0.05) is 30.1 Å². The molecule has 4 heterocycles. The molecule has 4 aliphatic rings. The maximum absolute atomic E-state index is 15.3. The maximum Gasteiger partial charge on any atom is 0.227 e. The number of hydrogen-bond donors (Lipinski definition) is 2. The number of piperidine rings is 1. The Labute approximate surface area is 198 Å². The van der Waals surface area contributed by atoms with Gasteiger partial charge < -0.3 is 15.3 Å². The first-order valence-electron chi connectivity index (χ1n) is 11.5. The SMILES string of the molecule is O=S1CC2(CC2)c2nc(N3CCC(c4ncc(Cl)cn4)C(F)C3)nc(NC3(CO)CCC3)c21. The molecule has 2 saturated carbocycles. The Morgan fingerprint density at radius 1 is 1.24 bits per heavy atom. The zero-order valence-electron chi connectivity index (χ0n) is 18.1. The van der Waals surface area contributed by atoms with Crippen LogP contribution in [0.4, 0.5) is 16.2 Å². The first kappa shape index (κ1) is 21.6. The van der Waals surface area contributed by atoms with E-state index in [1.807, 2.05) is 4.90 Å². The number of aliphatic hydroxyl groups excluding tert-OH is 1. The molecule has 3 atom stereocenters. The number of anilines is 2. The van der Waals surface area contributed by atoms with Gasteiger partial charge in [0.25, 0.3) is 0 Å². The number of fused-ring (bicyclic) bond motifs is 2. The van der Waals surface area contributed by atoms with Crippen molar-refractivity contribution in [2.45, 2.75) is 66.5 Å². The molecule has 0 amide bonds. The lowest BCUT2D eigenvalue weighted by atomic mass is 9.77. The van der Waals surface area contributed by atoms with E-state index in [9.17, 15) is 9.32 Å². The lowest BCUT2D eigenvalue weighted by Gasteiger charge is -2.42. The molecule has 1 saturated heterocycles. The van der Waals surface area contributed by atoms with Crippen LogP contribution in [0.25, 0.3) is 0 Å². The summed E-state index contributed by atoms with van der Waals surface area (Å²) in [6.45, 7) is 0.699. The van der Waals surface area contributed by atoms with Gasteiger partial charge in [0.05, 0.1) is 46.1 Å². The molecule has 2 N–H and O–H groups in total. The van der Waals surface area contributed by atoms with Crippen molar-refractivity contribution in [2.24, 2.45) is 0 Å². The normalized spacial score (nSPS) is 28.9. The first-order valence-corrected chi connectivity index (χ1v) is 13.2. The summed E-state index contributed by atoms with van der Waals surface area (Å²) in [6, 6.07) is 0. The van der Waals surface area contributed by atoms with Crippen LogP contribution in [0.2, 0.25) is 5.02 Å². The lowest BCUT2D eigenvalue weighted by Crippen LogP contribution is -2.49. The molecule has 2 aliphatic carbocycles. The van der Waals surface area contributed by atoms with Gasteiger partial charge in [-0.3, -0.25) is 4.21 Å². The second kappa shape index (κ2) is 7.81. The highest BCUT2D eigenvalue weighted by atomic mass is 35.5. The van der Waals surface area contributed by atoms with E-state index in [1.165, 1.54) is 12.4 Å². The highest BCUT2D eigenvalue weighted by molar-refractivity contribution is 7.85. The maximum atomic E-state index is 15.3. The summed E-state index contributed by atoms with van der Waals surface area (Å²) >= 11 is 5.87. The van der Waals surface area contributed by atoms with E-state index in [-0.39, 0.29) is 18.6 Å². The predicted octanol–water partition coefficient (Wildman–Crippen LogP) is 2.73. The second-order valence-electron chi connectivity index (χ2n) is 9.85. The largest absolute Gasteiger partial charge is 0.394 e. The van der Waals surface area contributed by atoms with Crippen LogP contribution in [0.1, 0.15) is 56.0 Å². The van der Waals surface area contributed by atoms with Crippen molar-refractivity contribution in [3.63, 3.8) is 0 Å². The Kier molecular flexibility index (Phi) is 5.12. The average molecular weight is 493 g/mol. The Balaban J connectivity index is 1.31. The standard InChI is InChI=1S/C22H26ClFN6O2S/c23-13-8-25-18(26-9-13)14-2-7-30(10-15(14)24)20-27-17-16(33(32)12-21(17)5-6-21)19(28-20)29-22(11-31)3-1-4-22/h8-9,14-15,31H,1-7,10-12H2,(H,27,28,29). The number of nitrogens with zero attached hydrogens (tertiary/aromatic N) is 5. The number of rotatable bonds is 5. The number of halogens is 2. The molecule has 1 spiro atoms. The van der Waals surface area contributed by atoms with Gasteiger partial charge in [0.1, 0.15) is 22.7 Å². The average Bonchev–Trinajstić information content (AvgIpc) is 3.50. The van der Waals surface area contributed by atoms with Crippen molar-refractivity contribution in [2.75, 3.05) is 35.7 Å². The molecule has 3 fully saturated rings. The van der Waals surface area contributed by atoms with Crippen LogP contribution in [-0.4, -0.2) is 66.4 Å². The molecule has 6 rings (SSSR count).